The zero-order valence-electron chi connectivity index (χ0n) is 35.4. The molecule has 0 aromatic carbocycles. The van der Waals surface area contributed by atoms with Gasteiger partial charge in [0.2, 0.25) is 0 Å². The minimum Gasteiger partial charge on any atom is -0.457 e. The van der Waals surface area contributed by atoms with E-state index < -0.39 is 43.4 Å². The first-order valence-electron chi connectivity index (χ1n) is 22.9. The molecule has 0 aliphatic carbocycles. The van der Waals surface area contributed by atoms with Gasteiger partial charge in [-0.2, -0.15) is 0 Å². The minimum absolute atomic E-state index is 0.112. The van der Waals surface area contributed by atoms with Crippen molar-refractivity contribution in [2.24, 2.45) is 0 Å². The molecule has 9 heteroatoms. The van der Waals surface area contributed by atoms with E-state index in [-0.39, 0.29) is 19.2 Å². The Hall–Kier alpha value is -1.33. The van der Waals surface area contributed by atoms with Gasteiger partial charge in [-0.3, -0.25) is 4.79 Å². The van der Waals surface area contributed by atoms with E-state index in [9.17, 15) is 25.2 Å². The SMILES string of the molecule is CCCCC/C=C\C/C=C\CCCCCCCCCCOCC(COC1OC(CO)C(O)C(O)C1O)OC(=O)CCCCCCCCCCCCCCCC. The standard InChI is InChI=1S/C46H86O9/c1-3-5-7-9-11-13-15-17-19-20-21-22-24-26-28-30-32-34-36-52-38-40(39-53-46-45(51)44(50)43(49)41(37-47)55-46)54-42(48)35-33-31-29-27-25-23-18-16-14-12-10-8-6-4-2/h11,13,17,19,40-41,43-47,49-51H,3-10,12,14-16,18,20-39H2,1-2H3/b13-11-,19-17-. The molecule has 1 heterocycles. The maximum absolute atomic E-state index is 12.8. The summed E-state index contributed by atoms with van der Waals surface area (Å²) >= 11 is 0. The molecule has 6 atom stereocenters. The van der Waals surface area contributed by atoms with Gasteiger partial charge in [0.25, 0.3) is 0 Å². The molecular formula is C46H86O9. The van der Waals surface area contributed by atoms with Gasteiger partial charge in [-0.15, -0.1) is 0 Å². The Balaban J connectivity index is 2.25. The number of carbonyl (C=O) groups is 1. The lowest BCUT2D eigenvalue weighted by Gasteiger charge is -2.39. The number of aliphatic hydroxyl groups is 4. The molecule has 324 valence electrons. The number of unbranched alkanes of at least 4 members (excludes halogenated alkanes) is 24. The number of esters is 1. The first-order chi connectivity index (χ1) is 26.9. The summed E-state index contributed by atoms with van der Waals surface area (Å²) in [6.45, 7) is 4.54. The van der Waals surface area contributed by atoms with E-state index in [2.05, 4.69) is 38.2 Å². The first kappa shape index (κ1) is 51.7. The summed E-state index contributed by atoms with van der Waals surface area (Å²) in [4.78, 5) is 12.8. The fourth-order valence-electron chi connectivity index (χ4n) is 6.99. The van der Waals surface area contributed by atoms with Crippen molar-refractivity contribution in [2.75, 3.05) is 26.4 Å². The van der Waals surface area contributed by atoms with Crippen molar-refractivity contribution in [3.63, 3.8) is 0 Å². The molecule has 1 saturated heterocycles. The summed E-state index contributed by atoms with van der Waals surface area (Å²) in [5.74, 6) is -0.314. The zero-order chi connectivity index (χ0) is 40.0. The second-order valence-corrected chi connectivity index (χ2v) is 15.9. The van der Waals surface area contributed by atoms with Gasteiger partial charge in [0.15, 0.2) is 6.29 Å². The van der Waals surface area contributed by atoms with Crippen LogP contribution in [0.1, 0.15) is 200 Å². The van der Waals surface area contributed by atoms with Crippen molar-refractivity contribution in [3.05, 3.63) is 24.3 Å². The van der Waals surface area contributed by atoms with E-state index in [1.54, 1.807) is 0 Å². The number of allylic oxidation sites excluding steroid dienone is 4. The van der Waals surface area contributed by atoms with Crippen LogP contribution < -0.4 is 0 Å². The molecule has 6 unspecified atom stereocenters. The van der Waals surface area contributed by atoms with E-state index >= 15 is 0 Å². The van der Waals surface area contributed by atoms with Gasteiger partial charge in [0.05, 0.1) is 19.8 Å². The van der Waals surface area contributed by atoms with Crippen LogP contribution in [0.4, 0.5) is 0 Å². The summed E-state index contributed by atoms with van der Waals surface area (Å²) in [6.07, 6.45) is 36.3. The average Bonchev–Trinajstić information content (AvgIpc) is 3.18. The van der Waals surface area contributed by atoms with E-state index in [4.69, 9.17) is 18.9 Å². The number of aliphatic hydroxyl groups excluding tert-OH is 4. The average molecular weight is 783 g/mol. The van der Waals surface area contributed by atoms with E-state index in [0.29, 0.717) is 13.0 Å². The molecule has 4 N–H and O–H groups in total. The van der Waals surface area contributed by atoms with Crippen molar-refractivity contribution in [1.82, 2.24) is 0 Å². The van der Waals surface area contributed by atoms with Gasteiger partial charge in [-0.05, 0) is 44.9 Å². The topological polar surface area (TPSA) is 135 Å². The molecule has 55 heavy (non-hydrogen) atoms. The number of hydrogen-bond acceptors (Lipinski definition) is 9. The van der Waals surface area contributed by atoms with Gasteiger partial charge in [-0.25, -0.2) is 0 Å². The predicted molar refractivity (Wildman–Crippen MR) is 224 cm³/mol. The molecule has 1 aliphatic heterocycles. The molecule has 0 saturated carbocycles. The number of rotatable bonds is 39. The maximum atomic E-state index is 12.8. The molecule has 9 nitrogen and oxygen atoms in total. The lowest BCUT2D eigenvalue weighted by atomic mass is 9.99. The summed E-state index contributed by atoms with van der Waals surface area (Å²) in [5, 5.41) is 40.1. The van der Waals surface area contributed by atoms with Crippen LogP contribution in [0.5, 0.6) is 0 Å². The zero-order valence-corrected chi connectivity index (χ0v) is 35.4. The third-order valence-electron chi connectivity index (χ3n) is 10.6. The highest BCUT2D eigenvalue weighted by atomic mass is 16.7. The Bertz CT molecular complexity index is 895. The molecule has 0 radical (unpaired) electrons. The lowest BCUT2D eigenvalue weighted by Crippen LogP contribution is -2.59. The van der Waals surface area contributed by atoms with Crippen molar-refractivity contribution in [1.29, 1.82) is 0 Å². The molecule has 1 rings (SSSR count). The highest BCUT2D eigenvalue weighted by molar-refractivity contribution is 5.69. The Kier molecular flexibility index (Phi) is 35.9. The van der Waals surface area contributed by atoms with Crippen LogP contribution in [-0.4, -0.2) is 89.6 Å². The Morgan fingerprint density at radius 2 is 1.05 bits per heavy atom. The Morgan fingerprint density at radius 3 is 1.60 bits per heavy atom. The second-order valence-electron chi connectivity index (χ2n) is 15.9. The highest BCUT2D eigenvalue weighted by Gasteiger charge is 2.44. The van der Waals surface area contributed by atoms with Crippen LogP contribution in [0.3, 0.4) is 0 Å². The van der Waals surface area contributed by atoms with E-state index in [0.717, 1.165) is 38.5 Å². The van der Waals surface area contributed by atoms with Gasteiger partial charge in [-0.1, -0.05) is 173 Å². The van der Waals surface area contributed by atoms with Crippen LogP contribution in [0.25, 0.3) is 0 Å². The molecule has 0 aromatic heterocycles. The van der Waals surface area contributed by atoms with Crippen molar-refractivity contribution in [2.45, 2.75) is 237 Å². The van der Waals surface area contributed by atoms with E-state index in [1.165, 1.54) is 141 Å². The quantitative estimate of drug-likeness (QED) is 0.0273. The molecule has 1 aliphatic rings. The third-order valence-corrected chi connectivity index (χ3v) is 10.6. The van der Waals surface area contributed by atoms with Crippen LogP contribution in [0, 0.1) is 0 Å². The largest absolute Gasteiger partial charge is 0.457 e. The van der Waals surface area contributed by atoms with Crippen LogP contribution in [-0.2, 0) is 23.7 Å². The highest BCUT2D eigenvalue weighted by Crippen LogP contribution is 2.23. The molecular weight excluding hydrogens is 696 g/mol. The molecule has 0 aromatic rings. The lowest BCUT2D eigenvalue weighted by molar-refractivity contribution is -0.305. The van der Waals surface area contributed by atoms with E-state index in [1.807, 2.05) is 0 Å². The summed E-state index contributed by atoms with van der Waals surface area (Å²) in [7, 11) is 0. The smallest absolute Gasteiger partial charge is 0.306 e. The minimum atomic E-state index is -1.53. The monoisotopic (exact) mass is 783 g/mol. The van der Waals surface area contributed by atoms with Gasteiger partial charge in [0.1, 0.15) is 30.5 Å². The van der Waals surface area contributed by atoms with Gasteiger partial charge < -0.3 is 39.4 Å². The van der Waals surface area contributed by atoms with Gasteiger partial charge in [0, 0.05) is 13.0 Å². The molecule has 0 spiro atoms. The van der Waals surface area contributed by atoms with Crippen molar-refractivity contribution < 1.29 is 44.2 Å². The maximum Gasteiger partial charge on any atom is 0.306 e. The fourth-order valence-corrected chi connectivity index (χ4v) is 6.99. The fraction of sp³-hybridized carbons (Fsp3) is 0.891. The van der Waals surface area contributed by atoms with Crippen LogP contribution in [0.2, 0.25) is 0 Å². The van der Waals surface area contributed by atoms with Crippen molar-refractivity contribution in [3.8, 4) is 0 Å². The first-order valence-corrected chi connectivity index (χ1v) is 22.9. The van der Waals surface area contributed by atoms with Crippen molar-refractivity contribution >= 4 is 5.97 Å². The van der Waals surface area contributed by atoms with Crippen LogP contribution >= 0.6 is 0 Å². The summed E-state index contributed by atoms with van der Waals surface area (Å²) < 4.78 is 22.8. The summed E-state index contributed by atoms with van der Waals surface area (Å²) in [5.41, 5.74) is 0. The third kappa shape index (κ3) is 29.5. The number of ether oxygens (including phenoxy) is 4. The molecule has 0 bridgehead atoms. The number of carbonyl (C=O) groups excluding carboxylic acids is 1. The predicted octanol–water partition coefficient (Wildman–Crippen LogP) is 10.2. The number of hydrogen-bond donors (Lipinski definition) is 4. The van der Waals surface area contributed by atoms with Gasteiger partial charge >= 0.3 is 5.97 Å². The Labute approximate surface area is 337 Å². The van der Waals surface area contributed by atoms with Crippen LogP contribution in [0.15, 0.2) is 24.3 Å². The summed E-state index contributed by atoms with van der Waals surface area (Å²) in [6, 6.07) is 0. The Morgan fingerprint density at radius 1 is 0.582 bits per heavy atom. The molecule has 0 amide bonds. The second kappa shape index (κ2) is 38.2. The normalized spacial score (nSPS) is 20.9. The molecule has 1 fully saturated rings.